The molecular weight excluding hydrogens is 540 g/mol. The van der Waals surface area contributed by atoms with Gasteiger partial charge in [0.05, 0.1) is 11.6 Å². The van der Waals surface area contributed by atoms with Crippen LogP contribution in [-0.4, -0.2) is 92.6 Å². The van der Waals surface area contributed by atoms with E-state index in [0.29, 0.717) is 17.8 Å². The Morgan fingerprint density at radius 1 is 1.18 bits per heavy atom. The SMILES string of the molecule is CCNc1ccc(O)c2c1CC1CC3[C@H](N(C)C)C(O)=C(C(=O)NN)C(=O)[C@@]3(O)C(O)=C1C2=O.O=S(=O)(O)O. The maximum atomic E-state index is 13.5. The lowest BCUT2D eigenvalue weighted by molar-refractivity contribution is -0.148. The van der Waals surface area contributed by atoms with E-state index in [0.717, 1.165) is 0 Å². The van der Waals surface area contributed by atoms with E-state index in [1.807, 2.05) is 6.92 Å². The number of nitrogens with two attached hydrogens (primary N) is 1. The largest absolute Gasteiger partial charge is 0.510 e. The van der Waals surface area contributed by atoms with Crippen LogP contribution in [0.25, 0.3) is 0 Å². The average Bonchev–Trinajstić information content (AvgIpc) is 2.81. The third-order valence-corrected chi connectivity index (χ3v) is 7.08. The summed E-state index contributed by atoms with van der Waals surface area (Å²) in [5.74, 6) is -1.29. The number of likely N-dealkylation sites (N-methyl/N-ethyl adjacent to an activating group) is 1. The standard InChI is InChI=1S/C23H28N4O7.H2O4S/c1-4-25-12-5-6-13(28)15-10(12)7-9-8-11-17(27(2)3)19(30)16(22(33)26-24)21(32)23(11,34)20(31)14(9)18(15)29;1-5(2,3)4/h5-6,9,11,17,25,28,30-31,34H,4,7-8,24H2,1-3H3,(H,26,33);(H2,1,2,3,4)/t9?,11?,17-,23-;/m0./s1. The summed E-state index contributed by atoms with van der Waals surface area (Å²) in [6.07, 6.45) is 0.303. The van der Waals surface area contributed by atoms with Gasteiger partial charge >= 0.3 is 10.4 Å². The van der Waals surface area contributed by atoms with Crippen LogP contribution in [0.15, 0.2) is 34.8 Å². The zero-order valence-electron chi connectivity index (χ0n) is 21.2. The van der Waals surface area contributed by atoms with Crippen LogP contribution < -0.4 is 16.6 Å². The number of Topliss-reactive ketones (excluding diaryl/α,β-unsaturated/α-hetero) is 2. The molecule has 4 rings (SSSR count). The van der Waals surface area contributed by atoms with Crippen LogP contribution in [0.3, 0.4) is 0 Å². The maximum Gasteiger partial charge on any atom is 0.394 e. The number of phenols is 1. The Bertz CT molecular complexity index is 1390. The molecule has 0 aromatic heterocycles. The molecule has 3 aliphatic carbocycles. The van der Waals surface area contributed by atoms with Crippen molar-refractivity contribution in [2.24, 2.45) is 17.7 Å². The van der Waals surface area contributed by atoms with Crippen molar-refractivity contribution in [2.75, 3.05) is 26.0 Å². The Hall–Kier alpha value is -3.54. The summed E-state index contributed by atoms with van der Waals surface area (Å²) in [6, 6.07) is 2.01. The van der Waals surface area contributed by atoms with E-state index in [-0.39, 0.29) is 29.7 Å². The molecule has 0 saturated carbocycles. The van der Waals surface area contributed by atoms with E-state index in [1.54, 1.807) is 25.6 Å². The fourth-order valence-corrected chi connectivity index (χ4v) is 5.66. The fourth-order valence-electron chi connectivity index (χ4n) is 5.66. The zero-order chi connectivity index (χ0) is 29.6. The fraction of sp³-hybridized carbons (Fsp3) is 0.435. The number of hydrogen-bond acceptors (Lipinski definition) is 12. The molecular formula is C23H30N4O11S. The molecule has 15 nitrogen and oxygen atoms in total. The van der Waals surface area contributed by atoms with Gasteiger partial charge in [-0.15, -0.1) is 0 Å². The van der Waals surface area contributed by atoms with Crippen molar-refractivity contribution in [2.45, 2.75) is 31.4 Å². The molecule has 0 bridgehead atoms. The summed E-state index contributed by atoms with van der Waals surface area (Å²) in [5, 5.41) is 47.3. The number of rotatable bonds is 4. The highest BCUT2D eigenvalue weighted by Gasteiger charge is 2.63. The molecule has 39 heavy (non-hydrogen) atoms. The molecule has 0 saturated heterocycles. The third kappa shape index (κ3) is 5.09. The quantitative estimate of drug-likeness (QED) is 0.0547. The van der Waals surface area contributed by atoms with E-state index in [4.69, 9.17) is 23.4 Å². The number of anilines is 1. The van der Waals surface area contributed by atoms with Crippen LogP contribution in [0.5, 0.6) is 5.75 Å². The number of fused-ring (bicyclic) bond motifs is 3. The van der Waals surface area contributed by atoms with E-state index in [1.165, 1.54) is 11.0 Å². The van der Waals surface area contributed by atoms with Gasteiger partial charge < -0.3 is 25.7 Å². The number of hydrazine groups is 1. The molecule has 1 aromatic rings. The van der Waals surface area contributed by atoms with Crippen molar-refractivity contribution in [3.05, 3.63) is 45.9 Å². The van der Waals surface area contributed by atoms with Gasteiger partial charge in [0.15, 0.2) is 11.4 Å². The van der Waals surface area contributed by atoms with E-state index < -0.39 is 68.4 Å². The number of aliphatic hydroxyl groups excluding tert-OH is 2. The zero-order valence-corrected chi connectivity index (χ0v) is 22.0. The average molecular weight is 571 g/mol. The molecule has 0 fully saturated rings. The molecule has 2 unspecified atom stereocenters. The predicted molar refractivity (Wildman–Crippen MR) is 135 cm³/mol. The second-order valence-corrected chi connectivity index (χ2v) is 10.4. The van der Waals surface area contributed by atoms with Gasteiger partial charge in [0.25, 0.3) is 5.91 Å². The first kappa shape index (κ1) is 30.0. The summed E-state index contributed by atoms with van der Waals surface area (Å²) in [7, 11) is -1.48. The third-order valence-electron chi connectivity index (χ3n) is 7.08. The lowest BCUT2D eigenvalue weighted by atomic mass is 9.58. The minimum atomic E-state index is -4.67. The van der Waals surface area contributed by atoms with Crippen LogP contribution >= 0.6 is 0 Å². The number of allylic oxidation sites excluding steroid dienone is 1. The van der Waals surface area contributed by atoms with E-state index in [2.05, 4.69) is 5.32 Å². The Balaban J connectivity index is 0.000000771. The van der Waals surface area contributed by atoms with Gasteiger partial charge in [0, 0.05) is 23.7 Å². The van der Waals surface area contributed by atoms with Crippen LogP contribution in [0.1, 0.15) is 29.3 Å². The van der Waals surface area contributed by atoms with Crippen LogP contribution in [0.2, 0.25) is 0 Å². The minimum absolute atomic E-state index is 0.0102. The Kier molecular flexibility index (Phi) is 8.12. The number of benzene rings is 1. The second-order valence-electron chi connectivity index (χ2n) is 9.54. The normalized spacial score (nSPS) is 26.3. The van der Waals surface area contributed by atoms with Gasteiger partial charge in [-0.25, -0.2) is 5.84 Å². The first-order valence-corrected chi connectivity index (χ1v) is 13.0. The molecule has 0 radical (unpaired) electrons. The number of phenolic OH excluding ortho intramolecular Hbond substituents is 1. The number of carbonyl (C=O) groups excluding carboxylic acids is 3. The number of aromatic hydroxyl groups is 1. The number of aliphatic hydroxyl groups is 3. The molecule has 3 aliphatic rings. The van der Waals surface area contributed by atoms with Crippen LogP contribution in [0, 0.1) is 11.8 Å². The Morgan fingerprint density at radius 3 is 2.28 bits per heavy atom. The summed E-state index contributed by atoms with van der Waals surface area (Å²) in [5.41, 5.74) is -0.611. The molecule has 0 aliphatic heterocycles. The highest BCUT2D eigenvalue weighted by atomic mass is 32.3. The number of amides is 1. The van der Waals surface area contributed by atoms with E-state index in [9.17, 15) is 34.8 Å². The number of nitrogens with one attached hydrogen (secondary N) is 2. The van der Waals surface area contributed by atoms with Gasteiger partial charge in [-0.3, -0.25) is 33.8 Å². The Labute approximate surface area is 223 Å². The topological polar surface area (TPSA) is 260 Å². The van der Waals surface area contributed by atoms with Crippen LogP contribution in [0.4, 0.5) is 5.69 Å². The Morgan fingerprint density at radius 2 is 1.77 bits per heavy atom. The smallest absolute Gasteiger partial charge is 0.394 e. The van der Waals surface area contributed by atoms with Gasteiger partial charge in [0.2, 0.25) is 5.78 Å². The van der Waals surface area contributed by atoms with E-state index >= 15 is 0 Å². The summed E-state index contributed by atoms with van der Waals surface area (Å²) < 4.78 is 31.6. The predicted octanol–water partition coefficient (Wildman–Crippen LogP) is -0.596. The van der Waals surface area contributed by atoms with Crippen molar-refractivity contribution in [3.8, 4) is 5.75 Å². The lowest BCUT2D eigenvalue weighted by Gasteiger charge is -2.50. The highest BCUT2D eigenvalue weighted by molar-refractivity contribution is 7.79. The second kappa shape index (κ2) is 10.6. The number of ketones is 2. The summed E-state index contributed by atoms with van der Waals surface area (Å²) in [4.78, 5) is 40.7. The first-order chi connectivity index (χ1) is 18.0. The van der Waals surface area contributed by atoms with Gasteiger partial charge in [-0.1, -0.05) is 0 Å². The first-order valence-electron chi connectivity index (χ1n) is 11.6. The molecule has 10 N–H and O–H groups in total. The van der Waals surface area contributed by atoms with Crippen molar-refractivity contribution >= 4 is 33.6 Å². The molecule has 0 heterocycles. The van der Waals surface area contributed by atoms with Crippen molar-refractivity contribution in [1.29, 1.82) is 0 Å². The number of nitrogens with zero attached hydrogens (tertiary/aromatic N) is 1. The van der Waals surface area contributed by atoms with Gasteiger partial charge in [-0.2, -0.15) is 8.42 Å². The lowest BCUT2D eigenvalue weighted by Crippen LogP contribution is -2.64. The van der Waals surface area contributed by atoms with Crippen molar-refractivity contribution in [1.82, 2.24) is 10.3 Å². The molecule has 214 valence electrons. The molecule has 0 spiro atoms. The molecule has 4 atom stereocenters. The minimum Gasteiger partial charge on any atom is -0.510 e. The van der Waals surface area contributed by atoms with Gasteiger partial charge in [-0.05, 0) is 57.5 Å². The molecule has 16 heteroatoms. The number of hydrogen-bond donors (Lipinski definition) is 9. The van der Waals surface area contributed by atoms with Crippen molar-refractivity contribution < 1.29 is 52.3 Å². The molecule has 1 amide bonds. The maximum absolute atomic E-state index is 13.5. The monoisotopic (exact) mass is 570 g/mol. The van der Waals surface area contributed by atoms with Crippen LogP contribution in [-0.2, 0) is 26.4 Å². The molecule has 1 aromatic carbocycles. The number of carbonyl (C=O) groups is 3. The van der Waals surface area contributed by atoms with Gasteiger partial charge in [0.1, 0.15) is 22.8 Å². The summed E-state index contributed by atoms with van der Waals surface area (Å²) in [6.45, 7) is 2.47. The summed E-state index contributed by atoms with van der Waals surface area (Å²) >= 11 is 0. The van der Waals surface area contributed by atoms with Crippen molar-refractivity contribution in [3.63, 3.8) is 0 Å². The highest BCUT2D eigenvalue weighted by Crippen LogP contribution is 2.52.